The SMILES string of the molecule is CC(=NNC(=O)c1ccc(CN(Cc2ccc(F)cc2)S(=O)(=O)c2ccc(Cl)cc2)cc1)c1ccccc1F. The molecule has 0 spiro atoms. The third-order valence-electron chi connectivity index (χ3n) is 5.89. The zero-order valence-corrected chi connectivity index (χ0v) is 22.4. The minimum Gasteiger partial charge on any atom is -0.267 e. The van der Waals surface area contributed by atoms with Crippen LogP contribution in [0.5, 0.6) is 0 Å². The average Bonchev–Trinajstić information content (AvgIpc) is 2.93. The molecule has 0 aromatic heterocycles. The number of nitrogens with zero attached hydrogens (tertiary/aromatic N) is 2. The van der Waals surface area contributed by atoms with E-state index in [-0.39, 0.29) is 29.1 Å². The first kappa shape index (κ1) is 28.1. The van der Waals surface area contributed by atoms with Crippen LogP contribution in [0.2, 0.25) is 5.02 Å². The maximum atomic E-state index is 13.9. The smallest absolute Gasteiger partial charge is 0.267 e. The van der Waals surface area contributed by atoms with E-state index < -0.39 is 27.6 Å². The Bertz CT molecular complexity index is 1590. The van der Waals surface area contributed by atoms with E-state index in [0.717, 1.165) is 0 Å². The van der Waals surface area contributed by atoms with Crippen LogP contribution in [0.4, 0.5) is 8.78 Å². The van der Waals surface area contributed by atoms with Gasteiger partial charge in [-0.15, -0.1) is 0 Å². The number of nitrogens with one attached hydrogen (secondary N) is 1. The predicted molar refractivity (Wildman–Crippen MR) is 147 cm³/mol. The topological polar surface area (TPSA) is 78.8 Å². The molecule has 10 heteroatoms. The molecule has 1 amide bonds. The van der Waals surface area contributed by atoms with Crippen molar-refractivity contribution in [3.05, 3.63) is 136 Å². The molecule has 0 aliphatic rings. The molecule has 0 radical (unpaired) electrons. The van der Waals surface area contributed by atoms with Gasteiger partial charge in [0.15, 0.2) is 0 Å². The fourth-order valence-corrected chi connectivity index (χ4v) is 5.30. The van der Waals surface area contributed by atoms with Crippen molar-refractivity contribution in [2.45, 2.75) is 24.9 Å². The average molecular weight is 568 g/mol. The lowest BCUT2D eigenvalue weighted by Crippen LogP contribution is -2.30. The van der Waals surface area contributed by atoms with Gasteiger partial charge in [0.1, 0.15) is 11.6 Å². The quantitative estimate of drug-likeness (QED) is 0.194. The molecule has 39 heavy (non-hydrogen) atoms. The number of amides is 1. The van der Waals surface area contributed by atoms with Gasteiger partial charge in [-0.1, -0.05) is 54.1 Å². The summed E-state index contributed by atoms with van der Waals surface area (Å²) in [6.45, 7) is 1.57. The van der Waals surface area contributed by atoms with Crippen LogP contribution in [0.3, 0.4) is 0 Å². The number of hydrazone groups is 1. The number of carbonyl (C=O) groups is 1. The summed E-state index contributed by atoms with van der Waals surface area (Å²) in [5.74, 6) is -1.38. The molecule has 0 saturated carbocycles. The Morgan fingerprint density at radius 2 is 1.41 bits per heavy atom. The zero-order chi connectivity index (χ0) is 28.0. The molecule has 6 nitrogen and oxygen atoms in total. The molecule has 4 aromatic rings. The largest absolute Gasteiger partial charge is 0.271 e. The first-order valence-electron chi connectivity index (χ1n) is 11.8. The second-order valence-corrected chi connectivity index (χ2v) is 11.0. The number of carbonyl (C=O) groups excluding carboxylic acids is 1. The molecule has 0 bridgehead atoms. The van der Waals surface area contributed by atoms with Crippen LogP contribution in [-0.4, -0.2) is 24.3 Å². The molecule has 0 aliphatic carbocycles. The summed E-state index contributed by atoms with van der Waals surface area (Å²) >= 11 is 5.93. The second-order valence-electron chi connectivity index (χ2n) is 8.67. The fraction of sp³-hybridized carbons (Fsp3) is 0.103. The van der Waals surface area contributed by atoms with Crippen molar-refractivity contribution in [1.29, 1.82) is 0 Å². The van der Waals surface area contributed by atoms with E-state index in [1.807, 2.05) is 0 Å². The van der Waals surface area contributed by atoms with Gasteiger partial charge in [0, 0.05) is 29.2 Å². The number of halogens is 3. The third-order valence-corrected chi connectivity index (χ3v) is 7.95. The molecule has 0 atom stereocenters. The number of sulfonamides is 1. The van der Waals surface area contributed by atoms with Crippen LogP contribution in [0.1, 0.15) is 34.0 Å². The summed E-state index contributed by atoms with van der Waals surface area (Å²) in [5, 5.41) is 4.38. The molecule has 0 aliphatic heterocycles. The Kier molecular flexibility index (Phi) is 8.86. The van der Waals surface area contributed by atoms with E-state index in [1.54, 1.807) is 49.4 Å². The summed E-state index contributed by atoms with van der Waals surface area (Å²) in [6.07, 6.45) is 0. The molecule has 0 saturated heterocycles. The van der Waals surface area contributed by atoms with E-state index >= 15 is 0 Å². The lowest BCUT2D eigenvalue weighted by Gasteiger charge is -2.23. The highest BCUT2D eigenvalue weighted by Gasteiger charge is 2.25. The van der Waals surface area contributed by atoms with Gasteiger partial charge in [-0.3, -0.25) is 4.79 Å². The maximum absolute atomic E-state index is 13.9. The van der Waals surface area contributed by atoms with Crippen molar-refractivity contribution in [1.82, 2.24) is 9.73 Å². The molecule has 4 aromatic carbocycles. The Morgan fingerprint density at radius 1 is 0.846 bits per heavy atom. The van der Waals surface area contributed by atoms with E-state index in [9.17, 15) is 22.0 Å². The normalized spacial score (nSPS) is 12.0. The highest BCUT2D eigenvalue weighted by atomic mass is 35.5. The summed E-state index contributed by atoms with van der Waals surface area (Å²) in [7, 11) is -3.95. The first-order chi connectivity index (χ1) is 18.6. The van der Waals surface area contributed by atoms with Gasteiger partial charge in [-0.05, 0) is 72.6 Å². The second kappa shape index (κ2) is 12.3. The highest BCUT2D eigenvalue weighted by Crippen LogP contribution is 2.23. The van der Waals surface area contributed by atoms with Gasteiger partial charge in [-0.2, -0.15) is 9.41 Å². The third kappa shape index (κ3) is 7.14. The standard InChI is InChI=1S/C29H24ClF2N3O3S/c1-20(27-4-2-3-5-28(27)32)33-34-29(36)23-10-6-21(7-11-23)18-35(19-22-8-14-25(31)15-9-22)39(37,38)26-16-12-24(30)13-17-26/h2-17H,18-19H2,1H3,(H,34,36). The summed E-state index contributed by atoms with van der Waals surface area (Å²) in [5.41, 5.74) is 4.50. The Hall–Kier alpha value is -3.92. The number of rotatable bonds is 9. The van der Waals surface area contributed by atoms with E-state index in [0.29, 0.717) is 21.9 Å². The van der Waals surface area contributed by atoms with Crippen LogP contribution < -0.4 is 5.43 Å². The number of hydrogen-bond acceptors (Lipinski definition) is 4. The van der Waals surface area contributed by atoms with Crippen LogP contribution in [0.25, 0.3) is 0 Å². The first-order valence-corrected chi connectivity index (χ1v) is 13.6. The van der Waals surface area contributed by atoms with Crippen LogP contribution in [0, 0.1) is 11.6 Å². The van der Waals surface area contributed by atoms with Gasteiger partial charge < -0.3 is 0 Å². The van der Waals surface area contributed by atoms with Gasteiger partial charge >= 0.3 is 0 Å². The minimum absolute atomic E-state index is 0.00247. The van der Waals surface area contributed by atoms with Gasteiger partial charge in [0.25, 0.3) is 5.91 Å². The monoisotopic (exact) mass is 567 g/mol. The summed E-state index contributed by atoms with van der Waals surface area (Å²) in [6, 6.07) is 23.9. The Balaban J connectivity index is 1.52. The van der Waals surface area contributed by atoms with E-state index in [4.69, 9.17) is 11.6 Å². The lowest BCUT2D eigenvalue weighted by molar-refractivity contribution is 0.0954. The van der Waals surface area contributed by atoms with Crippen molar-refractivity contribution in [3.8, 4) is 0 Å². The molecular formula is C29H24ClF2N3O3S. The molecule has 200 valence electrons. The molecular weight excluding hydrogens is 544 g/mol. The van der Waals surface area contributed by atoms with Crippen LogP contribution in [-0.2, 0) is 23.1 Å². The van der Waals surface area contributed by atoms with Crippen LogP contribution in [0.15, 0.2) is 107 Å². The minimum atomic E-state index is -3.95. The van der Waals surface area contributed by atoms with Crippen molar-refractivity contribution in [3.63, 3.8) is 0 Å². The lowest BCUT2D eigenvalue weighted by atomic mass is 10.1. The van der Waals surface area contributed by atoms with Crippen LogP contribution >= 0.6 is 11.6 Å². The van der Waals surface area contributed by atoms with Gasteiger partial charge in [0.05, 0.1) is 10.6 Å². The van der Waals surface area contributed by atoms with E-state index in [1.165, 1.54) is 58.9 Å². The molecule has 0 fully saturated rings. The Morgan fingerprint density at radius 3 is 2.00 bits per heavy atom. The van der Waals surface area contributed by atoms with Crippen molar-refractivity contribution in [2.24, 2.45) is 5.10 Å². The van der Waals surface area contributed by atoms with Gasteiger partial charge in [-0.25, -0.2) is 22.6 Å². The Labute approximate surface area is 230 Å². The highest BCUT2D eigenvalue weighted by molar-refractivity contribution is 7.89. The zero-order valence-electron chi connectivity index (χ0n) is 20.8. The number of hydrogen-bond donors (Lipinski definition) is 1. The van der Waals surface area contributed by atoms with E-state index in [2.05, 4.69) is 10.5 Å². The number of benzene rings is 4. The summed E-state index contributed by atoms with van der Waals surface area (Å²) < 4.78 is 55.6. The molecule has 4 rings (SSSR count). The maximum Gasteiger partial charge on any atom is 0.271 e. The van der Waals surface area contributed by atoms with Crippen molar-refractivity contribution < 1.29 is 22.0 Å². The summed E-state index contributed by atoms with van der Waals surface area (Å²) in [4.78, 5) is 12.6. The van der Waals surface area contributed by atoms with Crippen molar-refractivity contribution >= 4 is 33.2 Å². The predicted octanol–water partition coefficient (Wildman–Crippen LogP) is 6.16. The molecule has 0 unspecified atom stereocenters. The fourth-order valence-electron chi connectivity index (χ4n) is 3.75. The molecule has 1 N–H and O–H groups in total. The van der Waals surface area contributed by atoms with Crippen molar-refractivity contribution in [2.75, 3.05) is 0 Å². The van der Waals surface area contributed by atoms with Gasteiger partial charge in [0.2, 0.25) is 10.0 Å². The molecule has 0 heterocycles.